The fraction of sp³-hybridized carbons (Fsp3) is 0.645. The van der Waals surface area contributed by atoms with E-state index < -0.39 is 82.7 Å². The lowest BCUT2D eigenvalue weighted by atomic mass is 9.44. The molecule has 0 aromatic heterocycles. The predicted molar refractivity (Wildman–Crippen MR) is 147 cm³/mol. The monoisotopic (exact) mass is 604 g/mol. The lowest BCUT2D eigenvalue weighted by molar-refractivity contribution is -0.363. The second-order valence-electron chi connectivity index (χ2n) is 12.9. The third-order valence-electron chi connectivity index (χ3n) is 10.6. The van der Waals surface area contributed by atoms with E-state index in [0.29, 0.717) is 5.57 Å². The number of hydrogen-bond donors (Lipinski definition) is 4. The highest BCUT2D eigenvalue weighted by atomic mass is 16.8. The second-order valence-corrected chi connectivity index (χ2v) is 12.9. The summed E-state index contributed by atoms with van der Waals surface area (Å²) in [4.78, 5) is 38.9. The van der Waals surface area contributed by atoms with E-state index in [1.807, 2.05) is 0 Å². The number of esters is 2. The molecule has 3 fully saturated rings. The van der Waals surface area contributed by atoms with Gasteiger partial charge < -0.3 is 44.1 Å². The first-order chi connectivity index (χ1) is 20.1. The molecule has 1 saturated heterocycles. The van der Waals surface area contributed by atoms with Crippen LogP contribution in [0.1, 0.15) is 57.8 Å². The lowest BCUT2D eigenvalue weighted by Gasteiger charge is -2.68. The van der Waals surface area contributed by atoms with Gasteiger partial charge in [-0.15, -0.1) is 0 Å². The number of benzene rings is 1. The Hall–Kier alpha value is -3.03. The standard InChI is InChI=1S/C31H40O12/c1-15-18(33)13-31(38)25(42-26(36)17-10-8-7-9-11-17)23-29(5,24(35)22(41-16(2)32)21(15)28(31,3)4)19(34)12-20-30(23,14-40-20)43-27(37)39-6/h7-11,18-20,22-25,33-35,38H,12-14H2,1-6H3/t18-,19-,20+,22+,23?,24?,25-,29+,30-,31+/m0/s1. The highest BCUT2D eigenvalue weighted by molar-refractivity contribution is 5.89. The lowest BCUT2D eigenvalue weighted by Crippen LogP contribution is -2.82. The summed E-state index contributed by atoms with van der Waals surface area (Å²) in [6.45, 7) is 7.37. The minimum absolute atomic E-state index is 0.102. The van der Waals surface area contributed by atoms with E-state index in [2.05, 4.69) is 0 Å². The van der Waals surface area contributed by atoms with E-state index in [0.717, 1.165) is 7.11 Å². The molecule has 2 saturated carbocycles. The van der Waals surface area contributed by atoms with Crippen LogP contribution in [0.3, 0.4) is 0 Å². The summed E-state index contributed by atoms with van der Waals surface area (Å²) < 4.78 is 28.5. The quantitative estimate of drug-likeness (QED) is 0.222. The van der Waals surface area contributed by atoms with Crippen LogP contribution in [0.25, 0.3) is 0 Å². The zero-order chi connectivity index (χ0) is 31.7. The van der Waals surface area contributed by atoms with Crippen molar-refractivity contribution in [1.82, 2.24) is 0 Å². The van der Waals surface area contributed by atoms with Gasteiger partial charge >= 0.3 is 18.1 Å². The maximum Gasteiger partial charge on any atom is 0.508 e. The number of ether oxygens (including phenoxy) is 5. The fourth-order valence-corrected chi connectivity index (χ4v) is 8.08. The third kappa shape index (κ3) is 4.40. The SMILES string of the molecule is COC(=O)O[C@@]12CO[C@@H]1C[C@H](O)[C@@]1(C)C(O)[C@H](OC(C)=O)C3=C(C)[C@@H](O)C[C@@](O)([C@@H](OC(=O)c4ccccc4)C12)C3(C)C. The summed E-state index contributed by atoms with van der Waals surface area (Å²) in [5.41, 5.74) is -6.15. The number of fused-ring (bicyclic) bond motifs is 5. The summed E-state index contributed by atoms with van der Waals surface area (Å²) in [6, 6.07) is 8.06. The van der Waals surface area contributed by atoms with E-state index in [9.17, 15) is 34.8 Å². The fourth-order valence-electron chi connectivity index (χ4n) is 8.08. The van der Waals surface area contributed by atoms with E-state index in [4.69, 9.17) is 23.7 Å². The Kier molecular flexibility index (Phi) is 7.70. The Morgan fingerprint density at radius 3 is 2.23 bits per heavy atom. The molecule has 3 aliphatic carbocycles. The first-order valence-corrected chi connectivity index (χ1v) is 14.4. The molecule has 1 aromatic carbocycles. The zero-order valence-electron chi connectivity index (χ0n) is 25.1. The number of carbonyl (C=O) groups excluding carboxylic acids is 3. The Morgan fingerprint density at radius 2 is 1.67 bits per heavy atom. The van der Waals surface area contributed by atoms with Gasteiger partial charge in [-0.2, -0.15) is 0 Å². The summed E-state index contributed by atoms with van der Waals surface area (Å²) in [7, 11) is 1.12. The van der Waals surface area contributed by atoms with Crippen LogP contribution in [0.4, 0.5) is 4.79 Å². The first kappa shape index (κ1) is 31.4. The summed E-state index contributed by atoms with van der Waals surface area (Å²) in [5.74, 6) is -2.91. The van der Waals surface area contributed by atoms with Crippen molar-refractivity contribution < 1.29 is 58.5 Å². The van der Waals surface area contributed by atoms with Gasteiger partial charge in [0, 0.05) is 30.6 Å². The highest BCUT2D eigenvalue weighted by Crippen LogP contribution is 2.65. The highest BCUT2D eigenvalue weighted by Gasteiger charge is 2.78. The molecule has 1 heterocycles. The van der Waals surface area contributed by atoms with Crippen molar-refractivity contribution >= 4 is 18.1 Å². The van der Waals surface area contributed by atoms with E-state index >= 15 is 0 Å². The maximum absolute atomic E-state index is 13.7. The molecule has 4 aliphatic rings. The normalized spacial score (nSPS) is 41.3. The van der Waals surface area contributed by atoms with Crippen LogP contribution in [0.5, 0.6) is 0 Å². The summed E-state index contributed by atoms with van der Waals surface area (Å²) in [5, 5.41) is 48.3. The van der Waals surface area contributed by atoms with Crippen molar-refractivity contribution in [2.24, 2.45) is 16.7 Å². The van der Waals surface area contributed by atoms with Crippen LogP contribution in [0, 0.1) is 16.7 Å². The average Bonchev–Trinajstić information content (AvgIpc) is 2.95. The van der Waals surface area contributed by atoms with Gasteiger partial charge in [0.05, 0.1) is 37.4 Å². The topological polar surface area (TPSA) is 178 Å². The van der Waals surface area contributed by atoms with Crippen molar-refractivity contribution in [3.63, 3.8) is 0 Å². The molecule has 4 N–H and O–H groups in total. The summed E-state index contributed by atoms with van der Waals surface area (Å²) >= 11 is 0. The average molecular weight is 605 g/mol. The molecule has 5 rings (SSSR count). The van der Waals surface area contributed by atoms with E-state index in [1.165, 1.54) is 26.0 Å². The van der Waals surface area contributed by atoms with E-state index in [1.54, 1.807) is 39.0 Å². The molecule has 2 unspecified atom stereocenters. The first-order valence-electron chi connectivity index (χ1n) is 14.4. The Morgan fingerprint density at radius 1 is 1.02 bits per heavy atom. The number of aliphatic hydroxyl groups is 4. The second kappa shape index (κ2) is 10.6. The smallest absolute Gasteiger partial charge is 0.455 e. The number of carbonyl (C=O) groups is 3. The third-order valence-corrected chi connectivity index (χ3v) is 10.6. The molecular formula is C31H40O12. The van der Waals surface area contributed by atoms with Crippen LogP contribution < -0.4 is 0 Å². The van der Waals surface area contributed by atoms with Crippen LogP contribution in [-0.2, 0) is 28.5 Å². The van der Waals surface area contributed by atoms with Gasteiger partial charge in [0.1, 0.15) is 23.9 Å². The van der Waals surface area contributed by atoms with Crippen molar-refractivity contribution in [3.8, 4) is 0 Å². The molecule has 2 bridgehead atoms. The molecule has 0 spiro atoms. The van der Waals surface area contributed by atoms with Crippen LogP contribution >= 0.6 is 0 Å². The summed E-state index contributed by atoms with van der Waals surface area (Å²) in [6.07, 6.45) is -9.82. The molecular weight excluding hydrogens is 564 g/mol. The van der Waals surface area contributed by atoms with Crippen molar-refractivity contribution in [1.29, 1.82) is 0 Å². The van der Waals surface area contributed by atoms with Gasteiger partial charge in [0.15, 0.2) is 11.7 Å². The molecule has 12 nitrogen and oxygen atoms in total. The molecule has 1 aromatic rings. The van der Waals surface area contributed by atoms with Crippen LogP contribution in [0.2, 0.25) is 0 Å². The minimum Gasteiger partial charge on any atom is -0.455 e. The number of aliphatic hydroxyl groups excluding tert-OH is 3. The number of rotatable bonds is 4. The molecule has 43 heavy (non-hydrogen) atoms. The Bertz CT molecular complexity index is 1330. The van der Waals surface area contributed by atoms with E-state index in [-0.39, 0.29) is 30.6 Å². The van der Waals surface area contributed by atoms with Crippen molar-refractivity contribution in [2.75, 3.05) is 13.7 Å². The van der Waals surface area contributed by atoms with Crippen LogP contribution in [-0.4, -0.2) is 100 Å². The number of methoxy groups -OCH3 is 1. The van der Waals surface area contributed by atoms with Gasteiger partial charge in [0.2, 0.25) is 0 Å². The molecule has 236 valence electrons. The zero-order valence-corrected chi connectivity index (χ0v) is 25.1. The van der Waals surface area contributed by atoms with Crippen molar-refractivity contribution in [3.05, 3.63) is 47.0 Å². The van der Waals surface area contributed by atoms with Gasteiger partial charge in [-0.25, -0.2) is 9.59 Å². The number of hydrogen-bond acceptors (Lipinski definition) is 12. The van der Waals surface area contributed by atoms with Gasteiger partial charge in [-0.05, 0) is 30.2 Å². The maximum atomic E-state index is 13.7. The van der Waals surface area contributed by atoms with Crippen molar-refractivity contribution in [2.45, 2.75) is 95.3 Å². The molecule has 1 aliphatic heterocycles. The molecule has 0 amide bonds. The van der Waals surface area contributed by atoms with Gasteiger partial charge in [-0.1, -0.05) is 39.0 Å². The molecule has 10 atom stereocenters. The predicted octanol–water partition coefficient (Wildman–Crippen LogP) is 1.66. The Labute approximate surface area is 249 Å². The van der Waals surface area contributed by atoms with Gasteiger partial charge in [-0.3, -0.25) is 4.79 Å². The Balaban J connectivity index is 1.83. The molecule has 0 radical (unpaired) electrons. The molecule has 12 heteroatoms. The largest absolute Gasteiger partial charge is 0.508 e. The van der Waals surface area contributed by atoms with Crippen LogP contribution in [0.15, 0.2) is 41.5 Å². The van der Waals surface area contributed by atoms with Gasteiger partial charge in [0.25, 0.3) is 0 Å². The minimum atomic E-state index is -2.11.